The predicted octanol–water partition coefficient (Wildman–Crippen LogP) is 2.53. The summed E-state index contributed by atoms with van der Waals surface area (Å²) >= 11 is 0. The molecule has 0 spiro atoms. The molecule has 3 aromatic rings. The van der Waals surface area contributed by atoms with Crippen LogP contribution in [0.5, 0.6) is 0 Å². The quantitative estimate of drug-likeness (QED) is 0.647. The van der Waals surface area contributed by atoms with E-state index in [1.807, 2.05) is 60.8 Å². The highest BCUT2D eigenvalue weighted by atomic mass is 16.2. The van der Waals surface area contributed by atoms with Crippen molar-refractivity contribution in [2.45, 2.75) is 25.9 Å². The average Bonchev–Trinajstić information content (AvgIpc) is 3.03. The largest absolute Gasteiger partial charge is 0.361 e. The summed E-state index contributed by atoms with van der Waals surface area (Å²) in [6, 6.07) is 17.0. The first-order valence-corrected chi connectivity index (χ1v) is 8.27. The molecule has 0 fully saturated rings. The van der Waals surface area contributed by atoms with Gasteiger partial charge >= 0.3 is 0 Å². The van der Waals surface area contributed by atoms with Gasteiger partial charge in [-0.05, 0) is 17.2 Å². The molecule has 0 saturated carbocycles. The highest BCUT2D eigenvalue weighted by Gasteiger charge is 2.21. The second-order valence-corrected chi connectivity index (χ2v) is 6.02. The normalized spacial score (nSPS) is 11.9. The molecule has 0 aliphatic rings. The maximum atomic E-state index is 12.6. The number of nitrogens with one attached hydrogen (secondary N) is 3. The van der Waals surface area contributed by atoms with E-state index in [9.17, 15) is 9.59 Å². The zero-order valence-corrected chi connectivity index (χ0v) is 14.1. The van der Waals surface area contributed by atoms with Crippen molar-refractivity contribution >= 4 is 22.7 Å². The Morgan fingerprint density at radius 3 is 2.52 bits per heavy atom. The number of aromatic nitrogens is 1. The molecule has 3 N–H and O–H groups in total. The number of rotatable bonds is 6. The number of carbonyl (C=O) groups excluding carboxylic acids is 2. The van der Waals surface area contributed by atoms with Crippen molar-refractivity contribution in [1.82, 2.24) is 15.6 Å². The maximum Gasteiger partial charge on any atom is 0.243 e. The molecule has 1 aromatic heterocycles. The van der Waals surface area contributed by atoms with Gasteiger partial charge in [-0.3, -0.25) is 9.59 Å². The fourth-order valence-electron chi connectivity index (χ4n) is 2.88. The van der Waals surface area contributed by atoms with Crippen LogP contribution in [0.1, 0.15) is 18.1 Å². The topological polar surface area (TPSA) is 74.0 Å². The Balaban J connectivity index is 1.72. The van der Waals surface area contributed by atoms with Gasteiger partial charge in [0.2, 0.25) is 11.8 Å². The van der Waals surface area contributed by atoms with Crippen LogP contribution in [-0.4, -0.2) is 22.8 Å². The Bertz CT molecular complexity index is 871. The van der Waals surface area contributed by atoms with Crippen LogP contribution in [0.15, 0.2) is 60.8 Å². The molecule has 2 aromatic carbocycles. The molecule has 25 heavy (non-hydrogen) atoms. The second kappa shape index (κ2) is 7.66. The second-order valence-electron chi connectivity index (χ2n) is 6.02. The van der Waals surface area contributed by atoms with E-state index in [2.05, 4.69) is 15.6 Å². The minimum absolute atomic E-state index is 0.190. The highest BCUT2D eigenvalue weighted by molar-refractivity contribution is 5.89. The van der Waals surface area contributed by atoms with Crippen LogP contribution in [0.25, 0.3) is 10.9 Å². The van der Waals surface area contributed by atoms with E-state index in [4.69, 9.17) is 0 Å². The third-order valence-electron chi connectivity index (χ3n) is 4.10. The van der Waals surface area contributed by atoms with Crippen LogP contribution in [-0.2, 0) is 22.6 Å². The third kappa shape index (κ3) is 4.26. The van der Waals surface area contributed by atoms with Gasteiger partial charge in [-0.2, -0.15) is 0 Å². The van der Waals surface area contributed by atoms with E-state index >= 15 is 0 Å². The lowest BCUT2D eigenvalue weighted by Gasteiger charge is -2.17. The van der Waals surface area contributed by atoms with Crippen LogP contribution < -0.4 is 10.6 Å². The lowest BCUT2D eigenvalue weighted by atomic mass is 10.0. The van der Waals surface area contributed by atoms with Gasteiger partial charge in [-0.25, -0.2) is 0 Å². The van der Waals surface area contributed by atoms with Crippen molar-refractivity contribution in [3.8, 4) is 0 Å². The molecule has 0 bridgehead atoms. The number of carbonyl (C=O) groups is 2. The number of aromatic amines is 1. The van der Waals surface area contributed by atoms with Crippen molar-refractivity contribution in [1.29, 1.82) is 0 Å². The van der Waals surface area contributed by atoms with Crippen LogP contribution in [0, 0.1) is 0 Å². The number of hydrogen-bond acceptors (Lipinski definition) is 2. The molecule has 2 amide bonds. The third-order valence-corrected chi connectivity index (χ3v) is 4.10. The van der Waals surface area contributed by atoms with Crippen molar-refractivity contribution in [2.75, 3.05) is 0 Å². The Hall–Kier alpha value is -3.08. The molecule has 128 valence electrons. The first-order valence-electron chi connectivity index (χ1n) is 8.27. The van der Waals surface area contributed by atoms with Gasteiger partial charge in [0.25, 0.3) is 0 Å². The van der Waals surface area contributed by atoms with Crippen LogP contribution in [0.2, 0.25) is 0 Å². The molecule has 1 heterocycles. The summed E-state index contributed by atoms with van der Waals surface area (Å²) in [6.07, 6.45) is 2.33. The molecular weight excluding hydrogens is 314 g/mol. The highest BCUT2D eigenvalue weighted by Crippen LogP contribution is 2.19. The first kappa shape index (κ1) is 16.8. The SMILES string of the molecule is CC(=O)N[C@H](Cc1c[nH]c2ccccc12)C(=O)NCc1ccccc1. The van der Waals surface area contributed by atoms with Gasteiger partial charge in [0, 0.05) is 37.0 Å². The summed E-state index contributed by atoms with van der Waals surface area (Å²) in [5.74, 6) is -0.413. The standard InChI is InChI=1S/C20H21N3O2/c1-14(24)23-19(20(25)22-12-15-7-3-2-4-8-15)11-16-13-21-18-10-6-5-9-17(16)18/h2-10,13,19,21H,11-12H2,1H3,(H,22,25)(H,23,24)/t19-/m1/s1. The molecule has 0 unspecified atom stereocenters. The average molecular weight is 335 g/mol. The van der Waals surface area contributed by atoms with E-state index in [0.29, 0.717) is 13.0 Å². The molecule has 1 atom stereocenters. The summed E-state index contributed by atoms with van der Waals surface area (Å²) < 4.78 is 0. The Labute approximate surface area is 146 Å². The summed E-state index contributed by atoms with van der Waals surface area (Å²) in [7, 11) is 0. The smallest absolute Gasteiger partial charge is 0.243 e. The zero-order chi connectivity index (χ0) is 17.6. The van der Waals surface area contributed by atoms with Gasteiger partial charge < -0.3 is 15.6 Å². The van der Waals surface area contributed by atoms with E-state index in [1.54, 1.807) is 0 Å². The number of amides is 2. The summed E-state index contributed by atoms with van der Waals surface area (Å²) in [5, 5.41) is 6.72. The van der Waals surface area contributed by atoms with Crippen molar-refractivity contribution < 1.29 is 9.59 Å². The van der Waals surface area contributed by atoms with Crippen LogP contribution in [0.4, 0.5) is 0 Å². The van der Waals surface area contributed by atoms with Crippen molar-refractivity contribution in [3.63, 3.8) is 0 Å². The molecule has 0 aliphatic carbocycles. The number of benzene rings is 2. The van der Waals surface area contributed by atoms with Gasteiger partial charge in [0.15, 0.2) is 0 Å². The number of para-hydroxylation sites is 1. The summed E-state index contributed by atoms with van der Waals surface area (Å²) in [6.45, 7) is 1.86. The monoisotopic (exact) mass is 335 g/mol. The number of hydrogen-bond donors (Lipinski definition) is 3. The minimum atomic E-state index is -0.611. The fraction of sp³-hybridized carbons (Fsp3) is 0.200. The lowest BCUT2D eigenvalue weighted by Crippen LogP contribution is -2.47. The Morgan fingerprint density at radius 1 is 1.04 bits per heavy atom. The van der Waals surface area contributed by atoms with Gasteiger partial charge in [-0.15, -0.1) is 0 Å². The van der Waals surface area contributed by atoms with E-state index in [1.165, 1.54) is 6.92 Å². The fourth-order valence-corrected chi connectivity index (χ4v) is 2.88. The minimum Gasteiger partial charge on any atom is -0.361 e. The number of H-pyrrole nitrogens is 1. The first-order chi connectivity index (χ1) is 12.1. The molecule has 5 heteroatoms. The van der Waals surface area contributed by atoms with E-state index in [-0.39, 0.29) is 11.8 Å². The predicted molar refractivity (Wildman–Crippen MR) is 97.9 cm³/mol. The Kier molecular flexibility index (Phi) is 5.14. The lowest BCUT2D eigenvalue weighted by molar-refractivity contribution is -0.128. The van der Waals surface area contributed by atoms with Gasteiger partial charge in [-0.1, -0.05) is 48.5 Å². The van der Waals surface area contributed by atoms with E-state index in [0.717, 1.165) is 22.0 Å². The molecule has 0 radical (unpaired) electrons. The molecule has 0 aliphatic heterocycles. The zero-order valence-electron chi connectivity index (χ0n) is 14.1. The molecule has 0 saturated heterocycles. The van der Waals surface area contributed by atoms with Crippen LogP contribution >= 0.6 is 0 Å². The van der Waals surface area contributed by atoms with Crippen molar-refractivity contribution in [3.05, 3.63) is 71.9 Å². The Morgan fingerprint density at radius 2 is 1.76 bits per heavy atom. The van der Waals surface area contributed by atoms with Gasteiger partial charge in [0.1, 0.15) is 6.04 Å². The number of fused-ring (bicyclic) bond motifs is 1. The van der Waals surface area contributed by atoms with E-state index < -0.39 is 6.04 Å². The van der Waals surface area contributed by atoms with Crippen LogP contribution in [0.3, 0.4) is 0 Å². The maximum absolute atomic E-state index is 12.6. The molecule has 3 rings (SSSR count). The molecular formula is C20H21N3O2. The summed E-state index contributed by atoms with van der Waals surface area (Å²) in [5.41, 5.74) is 3.04. The van der Waals surface area contributed by atoms with Crippen molar-refractivity contribution in [2.24, 2.45) is 0 Å². The summed E-state index contributed by atoms with van der Waals surface area (Å²) in [4.78, 5) is 27.3. The van der Waals surface area contributed by atoms with Gasteiger partial charge in [0.05, 0.1) is 0 Å². The molecule has 5 nitrogen and oxygen atoms in total.